The number of morpholine rings is 1. The second kappa shape index (κ2) is 8.49. The van der Waals surface area contributed by atoms with Gasteiger partial charge in [-0.2, -0.15) is 0 Å². The lowest BCUT2D eigenvalue weighted by Crippen LogP contribution is -2.36. The van der Waals surface area contributed by atoms with Crippen LogP contribution in [0, 0.1) is 6.92 Å². The first-order valence-corrected chi connectivity index (χ1v) is 9.13. The molecule has 1 aliphatic rings. The molecule has 2 N–H and O–H groups in total. The summed E-state index contributed by atoms with van der Waals surface area (Å²) < 4.78 is 5.36. The van der Waals surface area contributed by atoms with Gasteiger partial charge in [-0.1, -0.05) is 29.3 Å². The van der Waals surface area contributed by atoms with Gasteiger partial charge in [0.25, 0.3) is 5.91 Å². The summed E-state index contributed by atoms with van der Waals surface area (Å²) in [5, 5.41) is 6.54. The molecule has 0 aromatic heterocycles. The van der Waals surface area contributed by atoms with Gasteiger partial charge in [-0.25, -0.2) is 0 Å². The highest BCUT2D eigenvalue weighted by molar-refractivity contribution is 7.80. The molecular weight excluding hydrogens is 370 g/mol. The molecule has 0 radical (unpaired) electrons. The SMILES string of the molecule is Cc1cccc(C(=O)NC(=S)Nc2ccc(N3CCOCC3)c(Cl)c2)c1. The Morgan fingerprint density at radius 1 is 1.19 bits per heavy atom. The number of amides is 1. The number of nitrogens with zero attached hydrogens (tertiary/aromatic N) is 1. The van der Waals surface area contributed by atoms with E-state index >= 15 is 0 Å². The van der Waals surface area contributed by atoms with Crippen molar-refractivity contribution in [3.05, 3.63) is 58.6 Å². The number of hydrogen-bond acceptors (Lipinski definition) is 4. The first kappa shape index (κ1) is 18.6. The van der Waals surface area contributed by atoms with E-state index in [9.17, 15) is 4.79 Å². The molecule has 1 fully saturated rings. The van der Waals surface area contributed by atoms with Crippen LogP contribution < -0.4 is 15.5 Å². The van der Waals surface area contributed by atoms with E-state index in [-0.39, 0.29) is 11.0 Å². The standard InChI is InChI=1S/C19H20ClN3O2S/c1-13-3-2-4-14(11-13)18(24)22-19(26)21-15-5-6-17(16(20)12-15)23-7-9-25-10-8-23/h2-6,11-12H,7-10H2,1H3,(H2,21,22,24,26). The minimum Gasteiger partial charge on any atom is -0.378 e. The van der Waals surface area contributed by atoms with Crippen LogP contribution in [0.4, 0.5) is 11.4 Å². The van der Waals surface area contributed by atoms with Crippen LogP contribution in [-0.2, 0) is 4.74 Å². The van der Waals surface area contributed by atoms with Gasteiger partial charge in [0.2, 0.25) is 0 Å². The molecule has 0 aliphatic carbocycles. The zero-order valence-corrected chi connectivity index (χ0v) is 16.0. The molecule has 0 bridgehead atoms. The highest BCUT2D eigenvalue weighted by Gasteiger charge is 2.15. The molecule has 0 saturated carbocycles. The largest absolute Gasteiger partial charge is 0.378 e. The Morgan fingerprint density at radius 2 is 1.96 bits per heavy atom. The average molecular weight is 390 g/mol. The van der Waals surface area contributed by atoms with Crippen molar-refractivity contribution >= 4 is 46.2 Å². The van der Waals surface area contributed by atoms with Gasteiger partial charge in [0.05, 0.1) is 23.9 Å². The lowest BCUT2D eigenvalue weighted by molar-refractivity contribution is 0.0977. The topological polar surface area (TPSA) is 53.6 Å². The normalized spacial score (nSPS) is 14.0. The summed E-state index contributed by atoms with van der Waals surface area (Å²) in [5.74, 6) is -0.248. The number of hydrogen-bond donors (Lipinski definition) is 2. The van der Waals surface area contributed by atoms with E-state index in [2.05, 4.69) is 15.5 Å². The van der Waals surface area contributed by atoms with Crippen LogP contribution >= 0.6 is 23.8 Å². The summed E-state index contributed by atoms with van der Waals surface area (Å²) in [6, 6.07) is 13.0. The van der Waals surface area contributed by atoms with Crippen LogP contribution in [0.15, 0.2) is 42.5 Å². The van der Waals surface area contributed by atoms with Crippen LogP contribution in [0.2, 0.25) is 5.02 Å². The minimum atomic E-state index is -0.248. The van der Waals surface area contributed by atoms with Crippen LogP contribution in [0.5, 0.6) is 0 Å². The number of nitrogens with one attached hydrogen (secondary N) is 2. The van der Waals surface area contributed by atoms with Crippen molar-refractivity contribution in [1.29, 1.82) is 0 Å². The predicted octanol–water partition coefficient (Wildman–Crippen LogP) is 3.61. The molecule has 0 atom stereocenters. The van der Waals surface area contributed by atoms with Gasteiger partial charge in [0.1, 0.15) is 0 Å². The lowest BCUT2D eigenvalue weighted by Gasteiger charge is -2.29. The summed E-state index contributed by atoms with van der Waals surface area (Å²) in [6.07, 6.45) is 0. The van der Waals surface area contributed by atoms with E-state index in [1.54, 1.807) is 12.1 Å². The minimum absolute atomic E-state index is 0.228. The molecule has 5 nitrogen and oxygen atoms in total. The fraction of sp³-hybridized carbons (Fsp3) is 0.263. The van der Waals surface area contributed by atoms with E-state index in [1.165, 1.54) is 0 Å². The third kappa shape index (κ3) is 4.72. The number of carbonyl (C=O) groups excluding carboxylic acids is 1. The molecule has 7 heteroatoms. The van der Waals surface area contributed by atoms with Gasteiger partial charge in [-0.05, 0) is 49.5 Å². The third-order valence-electron chi connectivity index (χ3n) is 4.06. The molecule has 26 heavy (non-hydrogen) atoms. The molecule has 0 unspecified atom stereocenters. The molecular formula is C19H20ClN3O2S. The zero-order chi connectivity index (χ0) is 18.5. The van der Waals surface area contributed by atoms with Crippen molar-refractivity contribution in [3.8, 4) is 0 Å². The van der Waals surface area contributed by atoms with Crippen LogP contribution in [0.3, 0.4) is 0 Å². The Balaban J connectivity index is 1.62. The van der Waals surface area contributed by atoms with Gasteiger partial charge in [0.15, 0.2) is 5.11 Å². The van der Waals surface area contributed by atoms with E-state index in [4.69, 9.17) is 28.6 Å². The lowest BCUT2D eigenvalue weighted by atomic mass is 10.1. The van der Waals surface area contributed by atoms with Crippen molar-refractivity contribution in [1.82, 2.24) is 5.32 Å². The monoisotopic (exact) mass is 389 g/mol. The molecule has 3 rings (SSSR count). The summed E-state index contributed by atoms with van der Waals surface area (Å²) >= 11 is 11.6. The summed E-state index contributed by atoms with van der Waals surface area (Å²) in [7, 11) is 0. The van der Waals surface area contributed by atoms with Gasteiger partial charge in [0, 0.05) is 24.3 Å². The van der Waals surface area contributed by atoms with E-state index in [0.29, 0.717) is 23.8 Å². The fourth-order valence-corrected chi connectivity index (χ4v) is 3.28. The second-order valence-electron chi connectivity index (χ2n) is 6.04. The average Bonchev–Trinajstić information content (AvgIpc) is 2.62. The van der Waals surface area contributed by atoms with Crippen molar-refractivity contribution in [2.45, 2.75) is 6.92 Å². The molecule has 1 saturated heterocycles. The summed E-state index contributed by atoms with van der Waals surface area (Å²) in [5.41, 5.74) is 3.27. The number of rotatable bonds is 3. The number of halogens is 1. The zero-order valence-electron chi connectivity index (χ0n) is 14.4. The van der Waals surface area contributed by atoms with Crippen molar-refractivity contribution in [2.24, 2.45) is 0 Å². The van der Waals surface area contributed by atoms with Crippen molar-refractivity contribution < 1.29 is 9.53 Å². The van der Waals surface area contributed by atoms with Crippen molar-refractivity contribution in [3.63, 3.8) is 0 Å². The molecule has 2 aromatic carbocycles. The number of aryl methyl sites for hydroxylation is 1. The van der Waals surface area contributed by atoms with Crippen LogP contribution in [-0.4, -0.2) is 37.3 Å². The number of carbonyl (C=O) groups is 1. The maximum absolute atomic E-state index is 12.2. The number of ether oxygens (including phenoxy) is 1. The predicted molar refractivity (Wildman–Crippen MR) is 109 cm³/mol. The van der Waals surface area contributed by atoms with E-state index < -0.39 is 0 Å². The van der Waals surface area contributed by atoms with Crippen LogP contribution in [0.1, 0.15) is 15.9 Å². The molecule has 136 valence electrons. The molecule has 2 aromatic rings. The fourth-order valence-electron chi connectivity index (χ4n) is 2.77. The van der Waals surface area contributed by atoms with E-state index in [0.717, 1.165) is 30.0 Å². The maximum Gasteiger partial charge on any atom is 0.257 e. The summed E-state index contributed by atoms with van der Waals surface area (Å²) in [6.45, 7) is 4.97. The molecule has 1 amide bonds. The Hall–Kier alpha value is -2.15. The van der Waals surface area contributed by atoms with Crippen LogP contribution in [0.25, 0.3) is 0 Å². The molecule has 0 spiro atoms. The van der Waals surface area contributed by atoms with Crippen molar-refractivity contribution in [2.75, 3.05) is 36.5 Å². The van der Waals surface area contributed by atoms with Gasteiger partial charge >= 0.3 is 0 Å². The number of thiocarbonyl (C=S) groups is 1. The Kier molecular flexibility index (Phi) is 6.08. The molecule has 1 heterocycles. The Bertz CT molecular complexity index is 822. The highest BCUT2D eigenvalue weighted by Crippen LogP contribution is 2.29. The first-order chi connectivity index (χ1) is 12.5. The maximum atomic E-state index is 12.2. The number of anilines is 2. The Labute approximate surface area is 163 Å². The molecule has 1 aliphatic heterocycles. The highest BCUT2D eigenvalue weighted by atomic mass is 35.5. The third-order valence-corrected chi connectivity index (χ3v) is 4.57. The Morgan fingerprint density at radius 3 is 2.65 bits per heavy atom. The van der Waals surface area contributed by atoms with Gasteiger partial charge in [-0.15, -0.1) is 0 Å². The van der Waals surface area contributed by atoms with Gasteiger partial charge < -0.3 is 15.0 Å². The quantitative estimate of drug-likeness (QED) is 0.785. The summed E-state index contributed by atoms with van der Waals surface area (Å²) in [4.78, 5) is 14.4. The van der Waals surface area contributed by atoms with E-state index in [1.807, 2.05) is 37.3 Å². The second-order valence-corrected chi connectivity index (χ2v) is 6.86. The first-order valence-electron chi connectivity index (χ1n) is 8.34. The van der Waals surface area contributed by atoms with Gasteiger partial charge in [-0.3, -0.25) is 10.1 Å². The smallest absolute Gasteiger partial charge is 0.257 e. The number of benzene rings is 2.